The molecule has 9 aromatic carbocycles. The normalized spacial score (nSPS) is 12.2. The molecule has 13 aromatic rings. The fourth-order valence-corrected chi connectivity index (χ4v) is 9.42. The Morgan fingerprint density at radius 2 is 1.04 bits per heavy atom. The molecule has 0 saturated heterocycles. The molecule has 5 nitrogen and oxygen atoms in total. The van der Waals surface area contributed by atoms with E-state index in [0.29, 0.717) is 5.95 Å². The molecule has 0 atom stereocenters. The summed E-state index contributed by atoms with van der Waals surface area (Å²) in [6, 6.07) is 64.8. The summed E-state index contributed by atoms with van der Waals surface area (Å²) in [7, 11) is 0. The number of furan rings is 1. The molecular formula is C52H30N4O. The van der Waals surface area contributed by atoms with E-state index in [1.54, 1.807) is 0 Å². The Hall–Kier alpha value is -7.76. The van der Waals surface area contributed by atoms with Gasteiger partial charge in [0.2, 0.25) is 5.95 Å². The predicted octanol–water partition coefficient (Wildman–Crippen LogP) is 13.7. The maximum Gasteiger partial charge on any atom is 0.235 e. The summed E-state index contributed by atoms with van der Waals surface area (Å²) in [5.74, 6) is 0.641. The SMILES string of the molecule is c1ccc2c(c1)ccc1c2c2ccccc2n1-c1ccc2c(c1)c1ccccc1n2-c1nc(-c2ccc3c(ccc4oc5ccccc5c43)c2)c2ccccc2n1. The van der Waals surface area contributed by atoms with Crippen molar-refractivity contribution in [3.05, 3.63) is 182 Å². The highest BCUT2D eigenvalue weighted by Gasteiger charge is 2.20. The van der Waals surface area contributed by atoms with Gasteiger partial charge in [-0.25, -0.2) is 9.97 Å². The zero-order valence-electron chi connectivity index (χ0n) is 30.5. The zero-order chi connectivity index (χ0) is 37.2. The van der Waals surface area contributed by atoms with Crippen LogP contribution in [0, 0.1) is 0 Å². The third kappa shape index (κ3) is 4.28. The lowest BCUT2D eigenvalue weighted by atomic mass is 9.99. The first-order valence-corrected chi connectivity index (χ1v) is 19.3. The second kappa shape index (κ2) is 11.4. The van der Waals surface area contributed by atoms with E-state index in [4.69, 9.17) is 14.4 Å². The molecule has 0 unspecified atom stereocenters. The van der Waals surface area contributed by atoms with E-state index in [-0.39, 0.29) is 0 Å². The van der Waals surface area contributed by atoms with Gasteiger partial charge in [-0.05, 0) is 82.2 Å². The first-order valence-electron chi connectivity index (χ1n) is 19.3. The minimum absolute atomic E-state index is 0.641. The highest BCUT2D eigenvalue weighted by molar-refractivity contribution is 6.22. The van der Waals surface area contributed by atoms with Gasteiger partial charge in [0.1, 0.15) is 11.2 Å². The molecule has 0 N–H and O–H groups in total. The Labute approximate surface area is 325 Å². The van der Waals surface area contributed by atoms with Gasteiger partial charge >= 0.3 is 0 Å². The van der Waals surface area contributed by atoms with Gasteiger partial charge in [0.05, 0.1) is 33.3 Å². The first kappa shape index (κ1) is 30.6. The fourth-order valence-electron chi connectivity index (χ4n) is 9.42. The summed E-state index contributed by atoms with van der Waals surface area (Å²) in [6.45, 7) is 0. The van der Waals surface area contributed by atoms with Crippen molar-refractivity contribution in [1.82, 2.24) is 19.1 Å². The van der Waals surface area contributed by atoms with Crippen molar-refractivity contribution in [3.8, 4) is 22.9 Å². The van der Waals surface area contributed by atoms with Crippen LogP contribution in [0.25, 0.3) is 121 Å². The van der Waals surface area contributed by atoms with Gasteiger partial charge in [0.25, 0.3) is 0 Å². The van der Waals surface area contributed by atoms with E-state index in [1.807, 2.05) is 12.1 Å². The van der Waals surface area contributed by atoms with Gasteiger partial charge in [-0.2, -0.15) is 0 Å². The van der Waals surface area contributed by atoms with Crippen LogP contribution in [-0.4, -0.2) is 19.1 Å². The van der Waals surface area contributed by atoms with Crippen molar-refractivity contribution in [2.45, 2.75) is 0 Å². The van der Waals surface area contributed by atoms with Crippen LogP contribution in [0.2, 0.25) is 0 Å². The zero-order valence-corrected chi connectivity index (χ0v) is 30.5. The highest BCUT2D eigenvalue weighted by Crippen LogP contribution is 2.41. The molecule has 0 radical (unpaired) electrons. The van der Waals surface area contributed by atoms with E-state index < -0.39 is 0 Å². The Morgan fingerprint density at radius 1 is 0.368 bits per heavy atom. The molecule has 0 aliphatic heterocycles. The highest BCUT2D eigenvalue weighted by atomic mass is 16.3. The average Bonchev–Trinajstić information content (AvgIpc) is 3.93. The van der Waals surface area contributed by atoms with Crippen LogP contribution in [0.15, 0.2) is 186 Å². The molecule has 0 aliphatic rings. The van der Waals surface area contributed by atoms with Gasteiger partial charge < -0.3 is 8.98 Å². The first-order chi connectivity index (χ1) is 28.3. The van der Waals surface area contributed by atoms with Crippen LogP contribution in [0.1, 0.15) is 0 Å². The van der Waals surface area contributed by atoms with E-state index in [0.717, 1.165) is 82.4 Å². The summed E-state index contributed by atoms with van der Waals surface area (Å²) in [5, 5.41) is 12.9. The summed E-state index contributed by atoms with van der Waals surface area (Å²) in [6.07, 6.45) is 0. The lowest BCUT2D eigenvalue weighted by Gasteiger charge is -2.13. The average molecular weight is 727 g/mol. The predicted molar refractivity (Wildman–Crippen MR) is 236 cm³/mol. The number of nitrogens with zero attached hydrogens (tertiary/aromatic N) is 4. The Bertz CT molecular complexity index is 3830. The quantitative estimate of drug-likeness (QED) is 0.182. The number of fused-ring (bicyclic) bond motifs is 14. The Kier molecular flexibility index (Phi) is 6.10. The second-order valence-electron chi connectivity index (χ2n) is 14.9. The largest absolute Gasteiger partial charge is 0.456 e. The number of para-hydroxylation sites is 4. The number of aromatic nitrogens is 4. The molecule has 4 aromatic heterocycles. The van der Waals surface area contributed by atoms with Gasteiger partial charge in [0.15, 0.2) is 0 Å². The molecule has 0 amide bonds. The van der Waals surface area contributed by atoms with Crippen LogP contribution in [0.3, 0.4) is 0 Å². The molecule has 0 aliphatic carbocycles. The maximum atomic E-state index is 6.22. The van der Waals surface area contributed by atoms with Crippen LogP contribution in [0.4, 0.5) is 0 Å². The molecule has 5 heteroatoms. The molecule has 0 saturated carbocycles. The van der Waals surface area contributed by atoms with E-state index in [2.05, 4.69) is 179 Å². The second-order valence-corrected chi connectivity index (χ2v) is 14.9. The van der Waals surface area contributed by atoms with Gasteiger partial charge in [-0.15, -0.1) is 0 Å². The minimum Gasteiger partial charge on any atom is -0.456 e. The van der Waals surface area contributed by atoms with Gasteiger partial charge in [0, 0.05) is 49.0 Å². The van der Waals surface area contributed by atoms with Crippen molar-refractivity contribution < 1.29 is 4.42 Å². The number of hydrogen-bond acceptors (Lipinski definition) is 3. The molecule has 0 bridgehead atoms. The molecule has 0 spiro atoms. The molecule has 264 valence electrons. The molecular weight excluding hydrogens is 697 g/mol. The molecule has 4 heterocycles. The number of rotatable bonds is 3. The van der Waals surface area contributed by atoms with Crippen molar-refractivity contribution in [1.29, 1.82) is 0 Å². The Balaban J connectivity index is 1.04. The van der Waals surface area contributed by atoms with Crippen LogP contribution in [0.5, 0.6) is 0 Å². The van der Waals surface area contributed by atoms with Crippen molar-refractivity contribution in [2.75, 3.05) is 0 Å². The van der Waals surface area contributed by atoms with Crippen molar-refractivity contribution in [3.63, 3.8) is 0 Å². The minimum atomic E-state index is 0.641. The smallest absolute Gasteiger partial charge is 0.235 e. The van der Waals surface area contributed by atoms with E-state index in [9.17, 15) is 0 Å². The van der Waals surface area contributed by atoms with E-state index >= 15 is 0 Å². The summed E-state index contributed by atoms with van der Waals surface area (Å²) < 4.78 is 10.9. The van der Waals surface area contributed by atoms with Crippen LogP contribution in [-0.2, 0) is 0 Å². The van der Waals surface area contributed by atoms with Crippen molar-refractivity contribution in [2.24, 2.45) is 0 Å². The monoisotopic (exact) mass is 726 g/mol. The summed E-state index contributed by atoms with van der Waals surface area (Å²) in [4.78, 5) is 10.7. The van der Waals surface area contributed by atoms with Crippen molar-refractivity contribution >= 4 is 98.0 Å². The number of benzene rings is 9. The molecule has 57 heavy (non-hydrogen) atoms. The summed E-state index contributed by atoms with van der Waals surface area (Å²) in [5.41, 5.74) is 10.2. The topological polar surface area (TPSA) is 48.8 Å². The third-order valence-corrected chi connectivity index (χ3v) is 11.9. The lowest BCUT2D eigenvalue weighted by molar-refractivity contribution is 0.669. The molecule has 0 fully saturated rings. The summed E-state index contributed by atoms with van der Waals surface area (Å²) >= 11 is 0. The molecule has 13 rings (SSSR count). The number of hydrogen-bond donors (Lipinski definition) is 0. The standard InChI is InChI=1S/C52H30N4O/c1-2-12-35-31(11-1)22-26-46-49(35)39-15-5-9-19-44(39)55(46)34-24-27-45-41(30-34)37-13-4-8-18-43(37)56(45)52-53-42-17-7-3-14-38(42)51(54-52)33-21-25-36-32(29-33)23-28-48-50(36)40-16-6-10-20-47(40)57-48/h1-30H. The fraction of sp³-hybridized carbons (Fsp3) is 0. The van der Waals surface area contributed by atoms with Gasteiger partial charge in [-0.1, -0.05) is 121 Å². The van der Waals surface area contributed by atoms with Crippen LogP contribution < -0.4 is 0 Å². The third-order valence-electron chi connectivity index (χ3n) is 11.9. The van der Waals surface area contributed by atoms with Gasteiger partial charge in [-0.3, -0.25) is 4.57 Å². The van der Waals surface area contributed by atoms with Crippen LogP contribution >= 0.6 is 0 Å². The lowest BCUT2D eigenvalue weighted by Crippen LogP contribution is -2.03. The maximum absolute atomic E-state index is 6.22. The Morgan fingerprint density at radius 3 is 1.93 bits per heavy atom. The van der Waals surface area contributed by atoms with E-state index in [1.165, 1.54) is 32.6 Å².